The van der Waals surface area contributed by atoms with Gasteiger partial charge in [-0.25, -0.2) is 4.98 Å². The fourth-order valence-electron chi connectivity index (χ4n) is 2.30. The lowest BCUT2D eigenvalue weighted by molar-refractivity contribution is -0.126. The van der Waals surface area contributed by atoms with E-state index >= 15 is 0 Å². The number of hydrogen-bond acceptors (Lipinski definition) is 5. The van der Waals surface area contributed by atoms with Crippen molar-refractivity contribution >= 4 is 11.8 Å². The van der Waals surface area contributed by atoms with Crippen LogP contribution >= 0.6 is 0 Å². The summed E-state index contributed by atoms with van der Waals surface area (Å²) >= 11 is 0. The van der Waals surface area contributed by atoms with Crippen molar-refractivity contribution in [3.63, 3.8) is 0 Å². The first-order chi connectivity index (χ1) is 9.61. The molecular weight excluding hydrogens is 260 g/mol. The number of nitrogens with two attached hydrogens (primary N) is 1. The van der Waals surface area contributed by atoms with Crippen LogP contribution in [0.2, 0.25) is 0 Å². The minimum absolute atomic E-state index is 0.0425. The molecule has 8 nitrogen and oxygen atoms in total. The van der Waals surface area contributed by atoms with Gasteiger partial charge in [0.1, 0.15) is 5.82 Å². The number of carbonyl (C=O) groups excluding carboxylic acids is 2. The summed E-state index contributed by atoms with van der Waals surface area (Å²) in [4.78, 5) is 29.8. The van der Waals surface area contributed by atoms with Crippen molar-refractivity contribution < 1.29 is 9.59 Å². The first-order valence-corrected chi connectivity index (χ1v) is 6.78. The molecule has 1 aromatic rings. The third kappa shape index (κ3) is 3.32. The van der Waals surface area contributed by atoms with Gasteiger partial charge in [0.25, 0.3) is 5.91 Å². The van der Waals surface area contributed by atoms with E-state index in [-0.39, 0.29) is 23.6 Å². The summed E-state index contributed by atoms with van der Waals surface area (Å²) in [6.45, 7) is 3.65. The second kappa shape index (κ2) is 6.47. The van der Waals surface area contributed by atoms with Gasteiger partial charge in [0.2, 0.25) is 11.7 Å². The number of piperidine rings is 1. The summed E-state index contributed by atoms with van der Waals surface area (Å²) in [6.07, 6.45) is 1.59. The zero-order chi connectivity index (χ0) is 14.5. The molecule has 2 heterocycles. The van der Waals surface area contributed by atoms with Crippen LogP contribution in [0.4, 0.5) is 0 Å². The fourth-order valence-corrected chi connectivity index (χ4v) is 2.30. The van der Waals surface area contributed by atoms with Crippen molar-refractivity contribution in [1.29, 1.82) is 0 Å². The van der Waals surface area contributed by atoms with E-state index in [0.717, 1.165) is 12.8 Å². The molecule has 0 radical (unpaired) electrons. The number of hydrogen-bond donors (Lipinski definition) is 3. The van der Waals surface area contributed by atoms with Gasteiger partial charge in [-0.2, -0.15) is 0 Å². The maximum atomic E-state index is 12.2. The Bertz CT molecular complexity index is 486. The average Bonchev–Trinajstić information content (AvgIpc) is 2.90. The van der Waals surface area contributed by atoms with Crippen LogP contribution in [0.25, 0.3) is 0 Å². The molecule has 0 aromatic carbocycles. The Morgan fingerprint density at radius 1 is 1.55 bits per heavy atom. The second-order valence-electron chi connectivity index (χ2n) is 4.91. The Hall–Kier alpha value is -1.96. The van der Waals surface area contributed by atoms with Gasteiger partial charge in [-0.05, 0) is 19.8 Å². The van der Waals surface area contributed by atoms with Gasteiger partial charge in [-0.3, -0.25) is 14.7 Å². The van der Waals surface area contributed by atoms with Gasteiger partial charge in [0.15, 0.2) is 0 Å². The number of carbonyl (C=O) groups is 2. The number of aromatic nitrogens is 3. The molecule has 8 heteroatoms. The average molecular weight is 280 g/mol. The lowest BCUT2D eigenvalue weighted by Crippen LogP contribution is -2.46. The third-order valence-corrected chi connectivity index (χ3v) is 3.31. The van der Waals surface area contributed by atoms with E-state index in [1.807, 2.05) is 0 Å². The van der Waals surface area contributed by atoms with E-state index in [1.54, 1.807) is 11.8 Å². The topological polar surface area (TPSA) is 117 Å². The molecule has 1 unspecified atom stereocenters. The molecule has 1 aromatic heterocycles. The lowest BCUT2D eigenvalue weighted by atomic mass is 9.97. The quantitative estimate of drug-likeness (QED) is 0.656. The molecule has 1 saturated heterocycles. The van der Waals surface area contributed by atoms with Crippen molar-refractivity contribution in [2.75, 3.05) is 26.2 Å². The zero-order valence-corrected chi connectivity index (χ0v) is 11.6. The summed E-state index contributed by atoms with van der Waals surface area (Å²) in [7, 11) is 0. The molecule has 2 rings (SSSR count). The summed E-state index contributed by atoms with van der Waals surface area (Å²) in [5.41, 5.74) is 5.36. The lowest BCUT2D eigenvalue weighted by Gasteiger charge is -2.31. The zero-order valence-electron chi connectivity index (χ0n) is 11.6. The first kappa shape index (κ1) is 14.4. The maximum Gasteiger partial charge on any atom is 0.293 e. The van der Waals surface area contributed by atoms with Crippen LogP contribution in [0.5, 0.6) is 0 Å². The molecule has 0 spiro atoms. The van der Waals surface area contributed by atoms with E-state index in [1.165, 1.54) is 0 Å². The van der Waals surface area contributed by atoms with Gasteiger partial charge in [0.05, 0.1) is 5.92 Å². The molecule has 2 amide bonds. The van der Waals surface area contributed by atoms with Gasteiger partial charge in [-0.15, -0.1) is 5.10 Å². The molecular formula is C12H20N6O2. The third-order valence-electron chi connectivity index (χ3n) is 3.31. The number of nitrogens with one attached hydrogen (secondary N) is 2. The van der Waals surface area contributed by atoms with Crippen LogP contribution in [0.1, 0.15) is 29.3 Å². The Morgan fingerprint density at radius 2 is 2.35 bits per heavy atom. The molecule has 1 aliphatic heterocycles. The van der Waals surface area contributed by atoms with E-state index in [0.29, 0.717) is 32.0 Å². The number of H-pyrrole nitrogens is 1. The minimum atomic E-state index is -0.231. The summed E-state index contributed by atoms with van der Waals surface area (Å²) < 4.78 is 0. The largest absolute Gasteiger partial charge is 0.355 e. The highest BCUT2D eigenvalue weighted by molar-refractivity contribution is 5.91. The highest BCUT2D eigenvalue weighted by Crippen LogP contribution is 2.18. The molecule has 1 aliphatic rings. The summed E-state index contributed by atoms with van der Waals surface area (Å²) in [5, 5.41) is 9.28. The molecule has 4 N–H and O–H groups in total. The predicted molar refractivity (Wildman–Crippen MR) is 71.8 cm³/mol. The van der Waals surface area contributed by atoms with Crippen molar-refractivity contribution in [3.8, 4) is 0 Å². The SMILES string of the molecule is Cc1nc(C(=O)N2CCCC(C(=O)NCCN)C2)n[nH]1. The van der Waals surface area contributed by atoms with Crippen LogP contribution < -0.4 is 11.1 Å². The molecule has 0 aliphatic carbocycles. The molecule has 1 fully saturated rings. The van der Waals surface area contributed by atoms with Gasteiger partial charge >= 0.3 is 0 Å². The Labute approximate surface area is 117 Å². The Kier molecular flexibility index (Phi) is 4.67. The number of rotatable bonds is 4. The fraction of sp³-hybridized carbons (Fsp3) is 0.667. The number of amides is 2. The maximum absolute atomic E-state index is 12.2. The molecule has 20 heavy (non-hydrogen) atoms. The highest BCUT2D eigenvalue weighted by atomic mass is 16.2. The van der Waals surface area contributed by atoms with E-state index in [4.69, 9.17) is 5.73 Å². The van der Waals surface area contributed by atoms with Crippen molar-refractivity contribution in [2.24, 2.45) is 11.7 Å². The van der Waals surface area contributed by atoms with Crippen LogP contribution in [0, 0.1) is 12.8 Å². The van der Waals surface area contributed by atoms with Crippen LogP contribution in [-0.4, -0.2) is 58.1 Å². The summed E-state index contributed by atoms with van der Waals surface area (Å²) in [5.74, 6) is 0.303. The summed E-state index contributed by atoms with van der Waals surface area (Å²) in [6, 6.07) is 0. The molecule has 1 atom stereocenters. The van der Waals surface area contributed by atoms with Crippen molar-refractivity contribution in [3.05, 3.63) is 11.6 Å². The first-order valence-electron chi connectivity index (χ1n) is 6.78. The molecule has 0 bridgehead atoms. The van der Waals surface area contributed by atoms with E-state index < -0.39 is 0 Å². The monoisotopic (exact) mass is 280 g/mol. The van der Waals surface area contributed by atoms with Crippen molar-refractivity contribution in [2.45, 2.75) is 19.8 Å². The van der Waals surface area contributed by atoms with Gasteiger partial charge < -0.3 is 16.0 Å². The van der Waals surface area contributed by atoms with Crippen LogP contribution in [0.15, 0.2) is 0 Å². The standard InChI is InChI=1S/C12H20N6O2/c1-8-15-10(17-16-8)12(20)18-6-2-3-9(7-18)11(19)14-5-4-13/h9H,2-7,13H2,1H3,(H,14,19)(H,15,16,17). The Balaban J connectivity index is 1.96. The normalized spacial score (nSPS) is 18.9. The minimum Gasteiger partial charge on any atom is -0.355 e. The number of nitrogens with zero attached hydrogens (tertiary/aromatic N) is 3. The Morgan fingerprint density at radius 3 is 3.00 bits per heavy atom. The molecule has 0 saturated carbocycles. The van der Waals surface area contributed by atoms with Crippen LogP contribution in [0.3, 0.4) is 0 Å². The van der Waals surface area contributed by atoms with Gasteiger partial charge in [0, 0.05) is 26.2 Å². The highest BCUT2D eigenvalue weighted by Gasteiger charge is 2.30. The number of aromatic amines is 1. The van der Waals surface area contributed by atoms with Gasteiger partial charge in [-0.1, -0.05) is 0 Å². The van der Waals surface area contributed by atoms with E-state index in [9.17, 15) is 9.59 Å². The number of likely N-dealkylation sites (tertiary alicyclic amines) is 1. The molecule has 110 valence electrons. The van der Waals surface area contributed by atoms with Crippen molar-refractivity contribution in [1.82, 2.24) is 25.4 Å². The predicted octanol–water partition coefficient (Wildman–Crippen LogP) is -0.960. The second-order valence-corrected chi connectivity index (χ2v) is 4.91. The van der Waals surface area contributed by atoms with E-state index in [2.05, 4.69) is 20.5 Å². The smallest absolute Gasteiger partial charge is 0.293 e. The van der Waals surface area contributed by atoms with Crippen LogP contribution in [-0.2, 0) is 4.79 Å². The number of aryl methyl sites for hydroxylation is 1.